The van der Waals surface area contributed by atoms with Gasteiger partial charge in [0.25, 0.3) is 0 Å². The molecule has 2 heterocycles. The summed E-state index contributed by atoms with van der Waals surface area (Å²) in [5, 5.41) is 6.77. The average molecular weight is 753 g/mol. The van der Waals surface area contributed by atoms with Gasteiger partial charge in [-0.1, -0.05) is 70.2 Å². The van der Waals surface area contributed by atoms with Crippen LogP contribution in [0.4, 0.5) is 11.4 Å². The van der Waals surface area contributed by atoms with E-state index in [1.807, 2.05) is 19.1 Å². The van der Waals surface area contributed by atoms with Crippen molar-refractivity contribution in [2.75, 3.05) is 49.2 Å². The van der Waals surface area contributed by atoms with Crippen LogP contribution < -0.4 is 25.2 Å². The third kappa shape index (κ3) is 11.0. The van der Waals surface area contributed by atoms with E-state index < -0.39 is 23.7 Å². The van der Waals surface area contributed by atoms with Crippen molar-refractivity contribution in [1.82, 2.24) is 10.6 Å². The normalized spacial score (nSPS) is 15.9. The number of ether oxygens (including phenoxy) is 2. The minimum Gasteiger partial charge on any atom is -0.493 e. The van der Waals surface area contributed by atoms with Crippen LogP contribution in [0.15, 0.2) is 66.7 Å². The second-order valence-corrected chi connectivity index (χ2v) is 15.9. The molecule has 2 fully saturated rings. The molecule has 0 aliphatic carbocycles. The molecule has 0 saturated carbocycles. The van der Waals surface area contributed by atoms with Gasteiger partial charge in [0, 0.05) is 37.6 Å². The molecule has 298 valence electrons. The number of hydrogen-bond acceptors (Lipinski definition) is 7. The second-order valence-electron chi connectivity index (χ2n) is 15.9. The maximum absolute atomic E-state index is 15.0. The van der Waals surface area contributed by atoms with E-state index in [-0.39, 0.29) is 41.8 Å². The molecular formula is C46H64N4O5. The Balaban J connectivity index is 1.56. The van der Waals surface area contributed by atoms with Crippen LogP contribution in [0.2, 0.25) is 0 Å². The Kier molecular flexibility index (Phi) is 15.4. The van der Waals surface area contributed by atoms with Crippen LogP contribution in [0.25, 0.3) is 0 Å². The van der Waals surface area contributed by atoms with Gasteiger partial charge in [0.1, 0.15) is 17.2 Å². The standard InChI is InChI=1S/C46H64N4O5/c1-7-54-42-31-34(23-24-37(42)46(53)55-8-2)43(44(51)47-38(29-32(3)4)35-19-11-13-21-40(35)49-25-15-9-16-26-49)45(52)48-39(30-33(5)6)36-20-12-14-22-41(36)50-27-17-10-18-28-50/h11-14,19-24,31-33,38-39,43H,7-10,15-18,25-30H2,1-6H3,(H,47,51)(H,48,52)/t38-,39-/m0/s1. The van der Waals surface area contributed by atoms with Gasteiger partial charge in [-0.3, -0.25) is 9.59 Å². The molecule has 2 amide bonds. The van der Waals surface area contributed by atoms with Crippen LogP contribution in [0.1, 0.15) is 138 Å². The molecule has 2 saturated heterocycles. The van der Waals surface area contributed by atoms with Gasteiger partial charge in [0.15, 0.2) is 0 Å². The van der Waals surface area contributed by atoms with Crippen molar-refractivity contribution in [2.24, 2.45) is 11.8 Å². The van der Waals surface area contributed by atoms with Gasteiger partial charge in [-0.25, -0.2) is 4.79 Å². The number of para-hydroxylation sites is 2. The molecular weight excluding hydrogens is 689 g/mol. The van der Waals surface area contributed by atoms with Crippen LogP contribution in [0, 0.1) is 11.8 Å². The number of nitrogens with one attached hydrogen (secondary N) is 2. The molecule has 3 aromatic carbocycles. The van der Waals surface area contributed by atoms with Gasteiger partial charge in [0.05, 0.1) is 25.3 Å². The molecule has 9 heteroatoms. The van der Waals surface area contributed by atoms with E-state index in [9.17, 15) is 14.4 Å². The number of carbonyl (C=O) groups is 3. The highest BCUT2D eigenvalue weighted by Crippen LogP contribution is 2.36. The summed E-state index contributed by atoms with van der Waals surface area (Å²) in [5.41, 5.74) is 5.11. The summed E-state index contributed by atoms with van der Waals surface area (Å²) >= 11 is 0. The van der Waals surface area contributed by atoms with E-state index in [4.69, 9.17) is 9.47 Å². The predicted octanol–water partition coefficient (Wildman–Crippen LogP) is 9.13. The Labute approximate surface area is 329 Å². The van der Waals surface area contributed by atoms with Gasteiger partial charge in [-0.15, -0.1) is 0 Å². The lowest BCUT2D eigenvalue weighted by Crippen LogP contribution is -2.43. The van der Waals surface area contributed by atoms with Crippen molar-refractivity contribution in [1.29, 1.82) is 0 Å². The molecule has 55 heavy (non-hydrogen) atoms. The molecule has 2 aliphatic rings. The van der Waals surface area contributed by atoms with Crippen LogP contribution >= 0.6 is 0 Å². The van der Waals surface area contributed by atoms with Gasteiger partial charge in [0.2, 0.25) is 11.8 Å². The highest BCUT2D eigenvalue weighted by atomic mass is 16.5. The number of piperidine rings is 2. The molecule has 9 nitrogen and oxygen atoms in total. The lowest BCUT2D eigenvalue weighted by Gasteiger charge is -2.34. The number of hydrogen-bond donors (Lipinski definition) is 2. The number of esters is 1. The molecule has 0 aromatic heterocycles. The molecule has 5 rings (SSSR count). The summed E-state index contributed by atoms with van der Waals surface area (Å²) in [7, 11) is 0. The van der Waals surface area contributed by atoms with Crippen LogP contribution in [0.5, 0.6) is 5.75 Å². The summed E-state index contributed by atoms with van der Waals surface area (Å²) in [6.07, 6.45) is 8.41. The monoisotopic (exact) mass is 752 g/mol. The van der Waals surface area contributed by atoms with Crippen LogP contribution in [0.3, 0.4) is 0 Å². The van der Waals surface area contributed by atoms with Crippen molar-refractivity contribution in [3.05, 3.63) is 89.0 Å². The van der Waals surface area contributed by atoms with E-state index in [0.717, 1.165) is 74.4 Å². The number of carbonyl (C=O) groups excluding carboxylic acids is 3. The number of amides is 2. The van der Waals surface area contributed by atoms with Crippen molar-refractivity contribution < 1.29 is 23.9 Å². The van der Waals surface area contributed by atoms with Gasteiger partial charge in [-0.2, -0.15) is 0 Å². The molecule has 0 unspecified atom stereocenters. The third-order valence-electron chi connectivity index (χ3n) is 10.7. The first-order valence-corrected chi connectivity index (χ1v) is 20.8. The average Bonchev–Trinajstić information content (AvgIpc) is 3.18. The van der Waals surface area contributed by atoms with Crippen molar-refractivity contribution >= 4 is 29.2 Å². The molecule has 3 aromatic rings. The molecule has 2 atom stereocenters. The predicted molar refractivity (Wildman–Crippen MR) is 222 cm³/mol. The Morgan fingerprint density at radius 3 is 1.55 bits per heavy atom. The minimum absolute atomic E-state index is 0.214. The van der Waals surface area contributed by atoms with E-state index in [0.29, 0.717) is 25.0 Å². The quantitative estimate of drug-likeness (QED) is 0.105. The largest absolute Gasteiger partial charge is 0.493 e. The maximum atomic E-state index is 15.0. The van der Waals surface area contributed by atoms with E-state index >= 15 is 0 Å². The van der Waals surface area contributed by atoms with Crippen LogP contribution in [-0.4, -0.2) is 57.2 Å². The number of nitrogens with zero attached hydrogens (tertiary/aromatic N) is 2. The highest BCUT2D eigenvalue weighted by Gasteiger charge is 2.35. The molecule has 0 bridgehead atoms. The maximum Gasteiger partial charge on any atom is 0.341 e. The van der Waals surface area contributed by atoms with E-state index in [1.54, 1.807) is 25.1 Å². The van der Waals surface area contributed by atoms with Crippen LogP contribution in [-0.2, 0) is 14.3 Å². The van der Waals surface area contributed by atoms with E-state index in [1.165, 1.54) is 12.8 Å². The van der Waals surface area contributed by atoms with Gasteiger partial charge >= 0.3 is 5.97 Å². The van der Waals surface area contributed by atoms with Crippen molar-refractivity contribution in [3.63, 3.8) is 0 Å². The molecule has 0 radical (unpaired) electrons. The SMILES string of the molecule is CCOC(=O)c1ccc(C(C(=O)N[C@@H](CC(C)C)c2ccccc2N2CCCCC2)C(=O)N[C@@H](CC(C)C)c2ccccc2N2CCCCC2)cc1OCC. The minimum atomic E-state index is -1.22. The second kappa shape index (κ2) is 20.4. The number of benzene rings is 3. The van der Waals surface area contributed by atoms with E-state index in [2.05, 4.69) is 84.5 Å². The molecule has 0 spiro atoms. The summed E-state index contributed by atoms with van der Waals surface area (Å²) in [5.74, 6) is -1.67. The Morgan fingerprint density at radius 1 is 0.636 bits per heavy atom. The lowest BCUT2D eigenvalue weighted by molar-refractivity contribution is -0.132. The highest BCUT2D eigenvalue weighted by molar-refractivity contribution is 6.06. The van der Waals surface area contributed by atoms with Crippen molar-refractivity contribution in [2.45, 2.75) is 111 Å². The molecule has 2 N–H and O–H groups in total. The third-order valence-corrected chi connectivity index (χ3v) is 10.7. The van der Waals surface area contributed by atoms with Gasteiger partial charge < -0.3 is 29.9 Å². The Hall–Kier alpha value is -4.53. The number of rotatable bonds is 17. The first kappa shape index (κ1) is 41.6. The Morgan fingerprint density at radius 2 is 1.11 bits per heavy atom. The lowest BCUT2D eigenvalue weighted by atomic mass is 9.90. The first-order chi connectivity index (χ1) is 26.6. The zero-order valence-electron chi connectivity index (χ0n) is 34.1. The fourth-order valence-corrected chi connectivity index (χ4v) is 8.18. The van der Waals surface area contributed by atoms with Crippen molar-refractivity contribution in [3.8, 4) is 5.75 Å². The summed E-state index contributed by atoms with van der Waals surface area (Å²) < 4.78 is 11.3. The topological polar surface area (TPSA) is 100 Å². The summed E-state index contributed by atoms with van der Waals surface area (Å²) in [4.78, 5) is 47.7. The van der Waals surface area contributed by atoms with Gasteiger partial charge in [-0.05, 0) is 118 Å². The zero-order chi connectivity index (χ0) is 39.3. The molecule has 2 aliphatic heterocycles. The summed E-state index contributed by atoms with van der Waals surface area (Å²) in [6, 6.07) is 21.1. The number of anilines is 2. The summed E-state index contributed by atoms with van der Waals surface area (Å²) in [6.45, 7) is 16.7. The zero-order valence-corrected chi connectivity index (χ0v) is 34.1. The fraction of sp³-hybridized carbons (Fsp3) is 0.543. The smallest absolute Gasteiger partial charge is 0.341 e. The first-order valence-electron chi connectivity index (χ1n) is 20.8. The fourth-order valence-electron chi connectivity index (χ4n) is 8.18. The Bertz CT molecular complexity index is 1620.